The van der Waals surface area contributed by atoms with Crippen LogP contribution in [0.3, 0.4) is 0 Å². The zero-order valence-corrected chi connectivity index (χ0v) is 11.1. The molecule has 0 radical (unpaired) electrons. The van der Waals surface area contributed by atoms with Gasteiger partial charge in [0.05, 0.1) is 24.8 Å². The van der Waals surface area contributed by atoms with Crippen molar-refractivity contribution in [3.8, 4) is 0 Å². The summed E-state index contributed by atoms with van der Waals surface area (Å²) in [5, 5.41) is 6.89. The summed E-state index contributed by atoms with van der Waals surface area (Å²) in [7, 11) is 1.77. The minimum atomic E-state index is 0.430. The number of nitrogens with one attached hydrogen (secondary N) is 1. The fourth-order valence-electron chi connectivity index (χ4n) is 2.65. The standard InChI is InChI=1S/C13H19N5O/c1-19-9-12-2-3-17-10-14-6-13(17)8-18(12)7-11-4-15-16-5-11/h4-6,10,12H,2-3,7-9H2,1H3,(H,15,16)/t12-/m0/s1. The van der Waals surface area contributed by atoms with Crippen molar-refractivity contribution in [1.29, 1.82) is 0 Å². The summed E-state index contributed by atoms with van der Waals surface area (Å²) >= 11 is 0. The van der Waals surface area contributed by atoms with Crippen LogP contribution in [-0.2, 0) is 24.4 Å². The number of imidazole rings is 1. The van der Waals surface area contributed by atoms with Crippen molar-refractivity contribution < 1.29 is 4.74 Å². The summed E-state index contributed by atoms with van der Waals surface area (Å²) in [6.07, 6.45) is 8.78. The minimum Gasteiger partial charge on any atom is -0.383 e. The van der Waals surface area contributed by atoms with E-state index >= 15 is 0 Å². The van der Waals surface area contributed by atoms with Crippen molar-refractivity contribution in [2.75, 3.05) is 13.7 Å². The molecular weight excluding hydrogens is 242 g/mol. The molecule has 2 aromatic rings. The van der Waals surface area contributed by atoms with Crippen molar-refractivity contribution >= 4 is 0 Å². The lowest BCUT2D eigenvalue weighted by atomic mass is 10.1. The van der Waals surface area contributed by atoms with Gasteiger partial charge in [-0.3, -0.25) is 10.00 Å². The van der Waals surface area contributed by atoms with E-state index in [2.05, 4.69) is 24.6 Å². The monoisotopic (exact) mass is 261 g/mol. The predicted molar refractivity (Wildman–Crippen MR) is 70.3 cm³/mol. The Kier molecular flexibility index (Phi) is 3.61. The average Bonchev–Trinajstić information content (AvgIpc) is 3.03. The third kappa shape index (κ3) is 2.69. The molecule has 19 heavy (non-hydrogen) atoms. The maximum Gasteiger partial charge on any atom is 0.0948 e. The van der Waals surface area contributed by atoms with Crippen molar-refractivity contribution in [2.24, 2.45) is 0 Å². The molecule has 0 saturated heterocycles. The molecule has 0 spiro atoms. The first-order valence-electron chi connectivity index (χ1n) is 6.56. The van der Waals surface area contributed by atoms with Crippen LogP contribution in [0, 0.1) is 0 Å². The highest BCUT2D eigenvalue weighted by molar-refractivity contribution is 5.06. The van der Waals surface area contributed by atoms with Gasteiger partial charge in [-0.2, -0.15) is 5.10 Å². The Bertz CT molecular complexity index is 507. The molecule has 1 N–H and O–H groups in total. The molecule has 6 nitrogen and oxygen atoms in total. The first kappa shape index (κ1) is 12.4. The highest BCUT2D eigenvalue weighted by Gasteiger charge is 2.24. The van der Waals surface area contributed by atoms with E-state index in [1.165, 1.54) is 11.3 Å². The molecule has 2 aromatic heterocycles. The fraction of sp³-hybridized carbons (Fsp3) is 0.538. The fourth-order valence-corrected chi connectivity index (χ4v) is 2.65. The second-order valence-corrected chi connectivity index (χ2v) is 4.99. The molecule has 6 heteroatoms. The van der Waals surface area contributed by atoms with Crippen LogP contribution < -0.4 is 0 Å². The number of nitrogens with zero attached hydrogens (tertiary/aromatic N) is 4. The average molecular weight is 261 g/mol. The number of rotatable bonds is 4. The van der Waals surface area contributed by atoms with Crippen LogP contribution in [0.5, 0.6) is 0 Å². The van der Waals surface area contributed by atoms with Crippen molar-refractivity contribution in [3.05, 3.63) is 36.2 Å². The largest absolute Gasteiger partial charge is 0.383 e. The summed E-state index contributed by atoms with van der Waals surface area (Å²) in [4.78, 5) is 6.67. The summed E-state index contributed by atoms with van der Waals surface area (Å²) in [5.74, 6) is 0. The van der Waals surface area contributed by atoms with Crippen LogP contribution in [0.4, 0.5) is 0 Å². The summed E-state index contributed by atoms with van der Waals surface area (Å²) in [6, 6.07) is 0.430. The second-order valence-electron chi connectivity index (χ2n) is 4.99. The van der Waals surface area contributed by atoms with E-state index in [1.54, 1.807) is 7.11 Å². The van der Waals surface area contributed by atoms with Gasteiger partial charge in [0.25, 0.3) is 0 Å². The Morgan fingerprint density at radius 2 is 2.42 bits per heavy atom. The zero-order valence-electron chi connectivity index (χ0n) is 11.1. The topological polar surface area (TPSA) is 59.0 Å². The molecule has 3 heterocycles. The molecule has 0 aliphatic carbocycles. The lowest BCUT2D eigenvalue weighted by Gasteiger charge is -2.28. The minimum absolute atomic E-state index is 0.430. The van der Waals surface area contributed by atoms with E-state index in [-0.39, 0.29) is 0 Å². The molecule has 0 amide bonds. The molecule has 1 atom stereocenters. The molecular formula is C13H19N5O. The predicted octanol–water partition coefficient (Wildman–Crippen LogP) is 1.03. The Hall–Kier alpha value is -1.66. The maximum absolute atomic E-state index is 5.37. The summed E-state index contributed by atoms with van der Waals surface area (Å²) in [6.45, 7) is 3.55. The van der Waals surface area contributed by atoms with Crippen LogP contribution in [0.15, 0.2) is 24.9 Å². The number of aromatic amines is 1. The SMILES string of the molecule is COC[C@@H]1CCn2cncc2CN1Cc1cn[nH]c1. The van der Waals surface area contributed by atoms with Gasteiger partial charge in [-0.15, -0.1) is 0 Å². The molecule has 3 rings (SSSR count). The Balaban J connectivity index is 1.79. The van der Waals surface area contributed by atoms with Crippen molar-refractivity contribution in [2.45, 2.75) is 32.1 Å². The first-order chi connectivity index (χ1) is 9.36. The Morgan fingerprint density at radius 1 is 1.47 bits per heavy atom. The van der Waals surface area contributed by atoms with Gasteiger partial charge in [0.1, 0.15) is 0 Å². The first-order valence-corrected chi connectivity index (χ1v) is 6.56. The van der Waals surface area contributed by atoms with Crippen molar-refractivity contribution in [1.82, 2.24) is 24.6 Å². The van der Waals surface area contributed by atoms with Gasteiger partial charge in [0.15, 0.2) is 0 Å². The van der Waals surface area contributed by atoms with Gasteiger partial charge in [-0.25, -0.2) is 4.98 Å². The third-order valence-corrected chi connectivity index (χ3v) is 3.68. The number of aryl methyl sites for hydroxylation is 1. The maximum atomic E-state index is 5.37. The van der Waals surface area contributed by atoms with E-state index in [9.17, 15) is 0 Å². The van der Waals surface area contributed by atoms with Gasteiger partial charge < -0.3 is 9.30 Å². The number of H-pyrrole nitrogens is 1. The number of aromatic nitrogens is 4. The van der Waals surface area contributed by atoms with Crippen LogP contribution in [-0.4, -0.2) is 44.4 Å². The van der Waals surface area contributed by atoms with E-state index in [4.69, 9.17) is 4.74 Å². The van der Waals surface area contributed by atoms with Crippen LogP contribution in [0.25, 0.3) is 0 Å². The number of fused-ring (bicyclic) bond motifs is 1. The lowest BCUT2D eigenvalue weighted by molar-refractivity contribution is 0.0780. The quantitative estimate of drug-likeness (QED) is 0.893. The Labute approximate surface area is 112 Å². The van der Waals surface area contributed by atoms with Gasteiger partial charge in [0, 0.05) is 50.7 Å². The normalized spacial score (nSPS) is 20.2. The molecule has 0 aromatic carbocycles. The van der Waals surface area contributed by atoms with Gasteiger partial charge in [-0.05, 0) is 6.42 Å². The van der Waals surface area contributed by atoms with E-state index in [0.29, 0.717) is 6.04 Å². The number of methoxy groups -OCH3 is 1. The molecule has 0 saturated carbocycles. The molecule has 1 aliphatic rings. The molecule has 0 bridgehead atoms. The van der Waals surface area contributed by atoms with Crippen LogP contribution in [0.2, 0.25) is 0 Å². The molecule has 1 aliphatic heterocycles. The van der Waals surface area contributed by atoms with Crippen LogP contribution >= 0.6 is 0 Å². The smallest absolute Gasteiger partial charge is 0.0948 e. The number of hydrogen-bond acceptors (Lipinski definition) is 4. The number of hydrogen-bond donors (Lipinski definition) is 1. The van der Waals surface area contributed by atoms with E-state index < -0.39 is 0 Å². The van der Waals surface area contributed by atoms with E-state index in [0.717, 1.165) is 32.7 Å². The molecule has 0 unspecified atom stereocenters. The van der Waals surface area contributed by atoms with Gasteiger partial charge in [-0.1, -0.05) is 0 Å². The second kappa shape index (κ2) is 5.54. The summed E-state index contributed by atoms with van der Waals surface area (Å²) in [5.41, 5.74) is 2.47. The van der Waals surface area contributed by atoms with Gasteiger partial charge in [0.2, 0.25) is 0 Å². The highest BCUT2D eigenvalue weighted by Crippen LogP contribution is 2.19. The summed E-state index contributed by atoms with van der Waals surface area (Å²) < 4.78 is 7.61. The zero-order chi connectivity index (χ0) is 13.1. The molecule has 102 valence electrons. The van der Waals surface area contributed by atoms with Crippen LogP contribution in [0.1, 0.15) is 17.7 Å². The van der Waals surface area contributed by atoms with Gasteiger partial charge >= 0.3 is 0 Å². The van der Waals surface area contributed by atoms with Crippen molar-refractivity contribution in [3.63, 3.8) is 0 Å². The highest BCUT2D eigenvalue weighted by atomic mass is 16.5. The Morgan fingerprint density at radius 3 is 3.21 bits per heavy atom. The molecule has 0 fully saturated rings. The van der Waals surface area contributed by atoms with E-state index in [1.807, 2.05) is 24.9 Å². The lowest BCUT2D eigenvalue weighted by Crippen LogP contribution is -2.36. The third-order valence-electron chi connectivity index (χ3n) is 3.68. The number of ether oxygens (including phenoxy) is 1.